The predicted octanol–water partition coefficient (Wildman–Crippen LogP) is 3.12. The van der Waals surface area contributed by atoms with Crippen molar-refractivity contribution in [1.82, 2.24) is 4.90 Å². The standard InChI is InChI=1S/C19H25FN2O3/c1-3-25-19(24)15-6-7-16(20)12(2)17(15)21-18(23)13-8-10-22(11-9-13)14-4-5-14/h6-7,13-14H,3-5,8-11H2,1-2H3,(H,21,23). The van der Waals surface area contributed by atoms with E-state index in [1.807, 2.05) is 0 Å². The quantitative estimate of drug-likeness (QED) is 0.831. The maximum Gasteiger partial charge on any atom is 0.340 e. The Kier molecular flexibility index (Phi) is 5.37. The van der Waals surface area contributed by atoms with E-state index in [1.54, 1.807) is 13.8 Å². The van der Waals surface area contributed by atoms with Crippen molar-refractivity contribution in [3.8, 4) is 0 Å². The minimum Gasteiger partial charge on any atom is -0.462 e. The fourth-order valence-corrected chi connectivity index (χ4v) is 3.42. The normalized spacial score (nSPS) is 18.8. The molecule has 1 heterocycles. The van der Waals surface area contributed by atoms with Crippen LogP contribution in [-0.4, -0.2) is 42.5 Å². The Morgan fingerprint density at radius 2 is 1.92 bits per heavy atom. The summed E-state index contributed by atoms with van der Waals surface area (Å²) in [6.45, 7) is 5.34. The fraction of sp³-hybridized carbons (Fsp3) is 0.579. The Labute approximate surface area is 147 Å². The van der Waals surface area contributed by atoms with Crippen molar-refractivity contribution in [1.29, 1.82) is 0 Å². The number of ether oxygens (including phenoxy) is 1. The molecule has 0 aromatic heterocycles. The van der Waals surface area contributed by atoms with Gasteiger partial charge in [0, 0.05) is 17.5 Å². The average Bonchev–Trinajstić information content (AvgIpc) is 3.44. The molecule has 1 aromatic carbocycles. The zero-order valence-electron chi connectivity index (χ0n) is 14.8. The van der Waals surface area contributed by atoms with E-state index < -0.39 is 11.8 Å². The zero-order chi connectivity index (χ0) is 18.0. The van der Waals surface area contributed by atoms with Crippen LogP contribution in [-0.2, 0) is 9.53 Å². The van der Waals surface area contributed by atoms with Gasteiger partial charge in [-0.2, -0.15) is 0 Å². The highest BCUT2D eigenvalue weighted by molar-refractivity contribution is 6.02. The maximum absolute atomic E-state index is 13.9. The minimum atomic E-state index is -0.551. The molecule has 0 spiro atoms. The lowest BCUT2D eigenvalue weighted by molar-refractivity contribution is -0.121. The number of nitrogens with one attached hydrogen (secondary N) is 1. The summed E-state index contributed by atoms with van der Waals surface area (Å²) >= 11 is 0. The van der Waals surface area contributed by atoms with Gasteiger partial charge < -0.3 is 15.0 Å². The summed E-state index contributed by atoms with van der Waals surface area (Å²) in [4.78, 5) is 27.2. The van der Waals surface area contributed by atoms with Crippen molar-refractivity contribution in [2.24, 2.45) is 5.92 Å². The van der Waals surface area contributed by atoms with Gasteiger partial charge in [0.05, 0.1) is 17.9 Å². The van der Waals surface area contributed by atoms with Crippen molar-refractivity contribution in [3.63, 3.8) is 0 Å². The molecule has 1 saturated heterocycles. The van der Waals surface area contributed by atoms with Crippen molar-refractivity contribution >= 4 is 17.6 Å². The monoisotopic (exact) mass is 348 g/mol. The zero-order valence-corrected chi connectivity index (χ0v) is 14.8. The SMILES string of the molecule is CCOC(=O)c1ccc(F)c(C)c1NC(=O)C1CCN(C2CC2)CC1. The van der Waals surface area contributed by atoms with Gasteiger partial charge in [-0.3, -0.25) is 4.79 Å². The number of esters is 1. The molecule has 136 valence electrons. The second-order valence-corrected chi connectivity index (χ2v) is 6.85. The van der Waals surface area contributed by atoms with Crippen LogP contribution >= 0.6 is 0 Å². The van der Waals surface area contributed by atoms with Gasteiger partial charge in [0.1, 0.15) is 5.82 Å². The number of carbonyl (C=O) groups excluding carboxylic acids is 2. The van der Waals surface area contributed by atoms with Crippen LogP contribution in [0.4, 0.5) is 10.1 Å². The van der Waals surface area contributed by atoms with Gasteiger partial charge in [-0.25, -0.2) is 9.18 Å². The lowest BCUT2D eigenvalue weighted by atomic mass is 9.95. The summed E-state index contributed by atoms with van der Waals surface area (Å²) in [5, 5.41) is 2.79. The number of anilines is 1. The van der Waals surface area contributed by atoms with E-state index in [0.29, 0.717) is 6.04 Å². The van der Waals surface area contributed by atoms with E-state index in [0.717, 1.165) is 25.9 Å². The molecule has 1 aliphatic heterocycles. The van der Waals surface area contributed by atoms with Crippen LogP contribution in [0.2, 0.25) is 0 Å². The number of hydrogen-bond donors (Lipinski definition) is 1. The lowest BCUT2D eigenvalue weighted by Crippen LogP contribution is -2.39. The smallest absolute Gasteiger partial charge is 0.340 e. The van der Waals surface area contributed by atoms with Gasteiger partial charge in [0.2, 0.25) is 5.91 Å². The maximum atomic E-state index is 13.9. The first-order valence-corrected chi connectivity index (χ1v) is 9.02. The second kappa shape index (κ2) is 7.52. The molecular weight excluding hydrogens is 323 g/mol. The highest BCUT2D eigenvalue weighted by Crippen LogP contribution is 2.32. The number of amides is 1. The Hall–Kier alpha value is -1.95. The van der Waals surface area contributed by atoms with E-state index >= 15 is 0 Å². The average molecular weight is 348 g/mol. The van der Waals surface area contributed by atoms with Gasteiger partial charge in [-0.1, -0.05) is 0 Å². The van der Waals surface area contributed by atoms with Crippen molar-refractivity contribution in [2.45, 2.75) is 45.6 Å². The third-order valence-corrected chi connectivity index (χ3v) is 5.11. The molecule has 0 atom stereocenters. The van der Waals surface area contributed by atoms with E-state index in [-0.39, 0.29) is 35.2 Å². The third kappa shape index (κ3) is 4.00. The largest absolute Gasteiger partial charge is 0.462 e. The summed E-state index contributed by atoms with van der Waals surface area (Å²) in [5.74, 6) is -1.25. The van der Waals surface area contributed by atoms with Crippen molar-refractivity contribution in [2.75, 3.05) is 25.0 Å². The minimum absolute atomic E-state index is 0.104. The van der Waals surface area contributed by atoms with E-state index in [2.05, 4.69) is 10.2 Å². The molecule has 1 N–H and O–H groups in total. The molecule has 0 radical (unpaired) electrons. The first-order chi connectivity index (χ1) is 12.0. The number of carbonyl (C=O) groups is 2. The number of nitrogens with zero attached hydrogens (tertiary/aromatic N) is 1. The van der Waals surface area contributed by atoms with Gasteiger partial charge >= 0.3 is 5.97 Å². The highest BCUT2D eigenvalue weighted by Gasteiger charge is 2.34. The number of hydrogen-bond acceptors (Lipinski definition) is 4. The Morgan fingerprint density at radius 1 is 1.24 bits per heavy atom. The van der Waals surface area contributed by atoms with Crippen LogP contribution in [0.5, 0.6) is 0 Å². The molecule has 0 unspecified atom stereocenters. The molecule has 1 amide bonds. The lowest BCUT2D eigenvalue weighted by Gasteiger charge is -2.31. The number of likely N-dealkylation sites (tertiary alicyclic amines) is 1. The Balaban J connectivity index is 1.71. The molecule has 1 aliphatic carbocycles. The molecule has 6 heteroatoms. The predicted molar refractivity (Wildman–Crippen MR) is 93.0 cm³/mol. The van der Waals surface area contributed by atoms with Gasteiger partial charge in [0.25, 0.3) is 0 Å². The summed E-state index contributed by atoms with van der Waals surface area (Å²) < 4.78 is 19.0. The third-order valence-electron chi connectivity index (χ3n) is 5.11. The molecule has 1 aromatic rings. The summed E-state index contributed by atoms with van der Waals surface area (Å²) in [7, 11) is 0. The molecular formula is C19H25FN2O3. The Morgan fingerprint density at radius 3 is 2.52 bits per heavy atom. The molecule has 2 fully saturated rings. The van der Waals surface area contributed by atoms with Crippen LogP contribution in [0.3, 0.4) is 0 Å². The topological polar surface area (TPSA) is 58.6 Å². The van der Waals surface area contributed by atoms with Crippen LogP contribution in [0, 0.1) is 18.7 Å². The molecule has 0 bridgehead atoms. The summed E-state index contributed by atoms with van der Waals surface area (Å²) in [5.41, 5.74) is 0.687. The Bertz CT molecular complexity index is 665. The molecule has 2 aliphatic rings. The van der Waals surface area contributed by atoms with Crippen LogP contribution in [0.1, 0.15) is 48.5 Å². The number of rotatable bonds is 5. The van der Waals surface area contributed by atoms with Crippen LogP contribution < -0.4 is 5.32 Å². The number of benzene rings is 1. The van der Waals surface area contributed by atoms with E-state index in [9.17, 15) is 14.0 Å². The number of halogens is 1. The van der Waals surface area contributed by atoms with Gasteiger partial charge in [0.15, 0.2) is 0 Å². The fourth-order valence-electron chi connectivity index (χ4n) is 3.42. The van der Waals surface area contributed by atoms with E-state index in [1.165, 1.54) is 25.0 Å². The van der Waals surface area contributed by atoms with Crippen LogP contribution in [0.15, 0.2) is 12.1 Å². The summed E-state index contributed by atoms with van der Waals surface area (Å²) in [6, 6.07) is 3.31. The van der Waals surface area contributed by atoms with E-state index in [4.69, 9.17) is 4.74 Å². The highest BCUT2D eigenvalue weighted by atomic mass is 19.1. The van der Waals surface area contributed by atoms with Gasteiger partial charge in [-0.05, 0) is 64.8 Å². The second-order valence-electron chi connectivity index (χ2n) is 6.85. The van der Waals surface area contributed by atoms with Crippen molar-refractivity contribution in [3.05, 3.63) is 29.1 Å². The number of piperidine rings is 1. The molecule has 5 nitrogen and oxygen atoms in total. The van der Waals surface area contributed by atoms with Crippen molar-refractivity contribution < 1.29 is 18.7 Å². The molecule has 3 rings (SSSR count). The molecule has 25 heavy (non-hydrogen) atoms. The first kappa shape index (κ1) is 17.9. The summed E-state index contributed by atoms with van der Waals surface area (Å²) in [6.07, 6.45) is 4.13. The van der Waals surface area contributed by atoms with Gasteiger partial charge in [-0.15, -0.1) is 0 Å². The van der Waals surface area contributed by atoms with Crippen LogP contribution in [0.25, 0.3) is 0 Å². The molecule has 1 saturated carbocycles. The first-order valence-electron chi connectivity index (χ1n) is 9.02.